The van der Waals surface area contributed by atoms with E-state index in [9.17, 15) is 9.59 Å². The Morgan fingerprint density at radius 1 is 0.560 bits per heavy atom. The van der Waals surface area contributed by atoms with E-state index in [0.717, 1.165) is 0 Å². The molecular weight excluding hydrogens is 327 g/mol. The van der Waals surface area contributed by atoms with E-state index in [1.54, 1.807) is 66.7 Å². The minimum atomic E-state index is -0.532. The third-order valence-corrected chi connectivity index (χ3v) is 3.24. The van der Waals surface area contributed by atoms with Crippen LogP contribution >= 0.6 is 0 Å². The molecule has 25 heavy (non-hydrogen) atoms. The molecule has 0 aromatic heterocycles. The molecule has 5 heteroatoms. The van der Waals surface area contributed by atoms with E-state index in [-0.39, 0.29) is 40.7 Å². The Bertz CT molecular complexity index is 779. The average Bonchev–Trinajstić information content (AvgIpc) is 2.63. The maximum atomic E-state index is 12.2. The minimum absolute atomic E-state index is 0. The SMILES string of the molecule is O=C(Oc1ccccc1)c1cccc(C(=O)Oc2ccccc2)c1.[NaH]. The van der Waals surface area contributed by atoms with Crippen LogP contribution in [-0.4, -0.2) is 41.5 Å². The Balaban J connectivity index is 0.00000225. The summed E-state index contributed by atoms with van der Waals surface area (Å²) in [6.45, 7) is 0. The average molecular weight is 342 g/mol. The standard InChI is InChI=1S/C20H14O4.Na.H/c21-19(23-17-10-3-1-4-11-17)15-8-7-9-16(14-15)20(22)24-18-12-5-2-6-13-18;;/h1-14H;;. The predicted octanol–water partition coefficient (Wildman–Crippen LogP) is 3.48. The van der Waals surface area contributed by atoms with Gasteiger partial charge in [0.1, 0.15) is 11.5 Å². The molecule has 0 spiro atoms. The molecule has 0 aliphatic heterocycles. The van der Waals surface area contributed by atoms with Crippen LogP contribution in [0, 0.1) is 0 Å². The molecule has 3 aromatic carbocycles. The van der Waals surface area contributed by atoms with Gasteiger partial charge in [-0.05, 0) is 42.5 Å². The van der Waals surface area contributed by atoms with Crippen molar-refractivity contribution in [3.05, 3.63) is 96.1 Å². The van der Waals surface area contributed by atoms with Gasteiger partial charge >= 0.3 is 41.5 Å². The van der Waals surface area contributed by atoms with Gasteiger partial charge in [-0.25, -0.2) is 9.59 Å². The molecule has 0 N–H and O–H groups in total. The van der Waals surface area contributed by atoms with Gasteiger partial charge in [-0.1, -0.05) is 42.5 Å². The summed E-state index contributed by atoms with van der Waals surface area (Å²) >= 11 is 0. The summed E-state index contributed by atoms with van der Waals surface area (Å²) in [5.74, 6) is -0.175. The van der Waals surface area contributed by atoms with Gasteiger partial charge in [0, 0.05) is 0 Å². The van der Waals surface area contributed by atoms with Gasteiger partial charge in [0.15, 0.2) is 0 Å². The Morgan fingerprint density at radius 2 is 0.960 bits per heavy atom. The molecule has 0 fully saturated rings. The quantitative estimate of drug-likeness (QED) is 0.414. The summed E-state index contributed by atoms with van der Waals surface area (Å²) < 4.78 is 10.5. The molecule has 0 saturated heterocycles. The Hall–Kier alpha value is -2.40. The topological polar surface area (TPSA) is 52.6 Å². The second-order valence-corrected chi connectivity index (χ2v) is 4.99. The van der Waals surface area contributed by atoms with Crippen molar-refractivity contribution in [2.45, 2.75) is 0 Å². The number of esters is 2. The molecule has 0 amide bonds. The number of rotatable bonds is 4. The number of hydrogen-bond donors (Lipinski definition) is 0. The predicted molar refractivity (Wildman–Crippen MR) is 96.4 cm³/mol. The van der Waals surface area contributed by atoms with Gasteiger partial charge < -0.3 is 9.47 Å². The molecule has 0 heterocycles. The van der Waals surface area contributed by atoms with Crippen molar-refractivity contribution in [1.82, 2.24) is 0 Å². The fraction of sp³-hybridized carbons (Fsp3) is 0. The van der Waals surface area contributed by atoms with Crippen LogP contribution < -0.4 is 9.47 Å². The van der Waals surface area contributed by atoms with Crippen LogP contribution in [-0.2, 0) is 0 Å². The third kappa shape index (κ3) is 5.29. The maximum absolute atomic E-state index is 12.2. The van der Waals surface area contributed by atoms with Crippen molar-refractivity contribution in [3.63, 3.8) is 0 Å². The second kappa shape index (κ2) is 9.18. The summed E-state index contributed by atoms with van der Waals surface area (Å²) in [6, 6.07) is 23.7. The molecule has 0 unspecified atom stereocenters. The molecule has 3 aromatic rings. The first-order valence-corrected chi connectivity index (χ1v) is 7.37. The van der Waals surface area contributed by atoms with E-state index in [1.165, 1.54) is 6.07 Å². The van der Waals surface area contributed by atoms with Gasteiger partial charge in [-0.15, -0.1) is 0 Å². The van der Waals surface area contributed by atoms with Crippen molar-refractivity contribution < 1.29 is 19.1 Å². The Labute approximate surface area is 167 Å². The number of hydrogen-bond acceptors (Lipinski definition) is 4. The number of benzene rings is 3. The zero-order valence-corrected chi connectivity index (χ0v) is 12.7. The molecule has 0 bridgehead atoms. The van der Waals surface area contributed by atoms with Crippen molar-refractivity contribution in [2.75, 3.05) is 0 Å². The van der Waals surface area contributed by atoms with Crippen LogP contribution in [0.25, 0.3) is 0 Å². The van der Waals surface area contributed by atoms with Crippen LogP contribution in [0.3, 0.4) is 0 Å². The van der Waals surface area contributed by atoms with Crippen molar-refractivity contribution >= 4 is 41.5 Å². The van der Waals surface area contributed by atoms with Crippen molar-refractivity contribution in [3.8, 4) is 11.5 Å². The normalized spacial score (nSPS) is 9.60. The zero-order valence-electron chi connectivity index (χ0n) is 12.7. The Kier molecular flexibility index (Phi) is 6.95. The van der Waals surface area contributed by atoms with Crippen molar-refractivity contribution in [1.29, 1.82) is 0 Å². The van der Waals surface area contributed by atoms with Gasteiger partial charge in [0.2, 0.25) is 0 Å². The van der Waals surface area contributed by atoms with E-state index in [4.69, 9.17) is 9.47 Å². The summed E-state index contributed by atoms with van der Waals surface area (Å²) in [4.78, 5) is 24.3. The first kappa shape index (κ1) is 18.9. The van der Waals surface area contributed by atoms with Crippen LogP contribution in [0.4, 0.5) is 0 Å². The summed E-state index contributed by atoms with van der Waals surface area (Å²) in [7, 11) is 0. The number of carbonyl (C=O) groups is 2. The van der Waals surface area contributed by atoms with Gasteiger partial charge in [0.05, 0.1) is 11.1 Å². The van der Waals surface area contributed by atoms with Gasteiger partial charge in [-0.2, -0.15) is 0 Å². The number of ether oxygens (including phenoxy) is 2. The van der Waals surface area contributed by atoms with E-state index in [1.807, 2.05) is 12.1 Å². The number of para-hydroxylation sites is 2. The summed E-state index contributed by atoms with van der Waals surface area (Å²) in [6.07, 6.45) is 0. The summed E-state index contributed by atoms with van der Waals surface area (Å²) in [5.41, 5.74) is 0.558. The zero-order chi connectivity index (χ0) is 16.8. The van der Waals surface area contributed by atoms with Crippen LogP contribution in [0.1, 0.15) is 20.7 Å². The molecule has 4 nitrogen and oxygen atoms in total. The van der Waals surface area contributed by atoms with Crippen LogP contribution in [0.2, 0.25) is 0 Å². The fourth-order valence-corrected chi connectivity index (χ4v) is 2.08. The molecule has 3 rings (SSSR count). The molecule has 0 aliphatic rings. The molecule has 0 radical (unpaired) electrons. The molecule has 0 saturated carbocycles. The fourth-order valence-electron chi connectivity index (χ4n) is 2.08. The Morgan fingerprint density at radius 3 is 1.36 bits per heavy atom. The molecule has 0 aliphatic carbocycles. The van der Waals surface area contributed by atoms with Gasteiger partial charge in [0.25, 0.3) is 0 Å². The molecule has 120 valence electrons. The molecule has 0 atom stereocenters. The first-order valence-electron chi connectivity index (χ1n) is 7.37. The first-order chi connectivity index (χ1) is 11.7. The number of carbonyl (C=O) groups excluding carboxylic acids is 2. The van der Waals surface area contributed by atoms with Gasteiger partial charge in [-0.3, -0.25) is 0 Å². The van der Waals surface area contributed by atoms with Crippen LogP contribution in [0.15, 0.2) is 84.9 Å². The van der Waals surface area contributed by atoms with E-state index in [2.05, 4.69) is 0 Å². The van der Waals surface area contributed by atoms with E-state index < -0.39 is 11.9 Å². The molecular formula is C20H15NaO4. The van der Waals surface area contributed by atoms with Crippen LogP contribution in [0.5, 0.6) is 11.5 Å². The van der Waals surface area contributed by atoms with E-state index in [0.29, 0.717) is 11.5 Å². The van der Waals surface area contributed by atoms with E-state index >= 15 is 0 Å². The second-order valence-electron chi connectivity index (χ2n) is 4.99. The van der Waals surface area contributed by atoms with Crippen molar-refractivity contribution in [2.24, 2.45) is 0 Å². The monoisotopic (exact) mass is 342 g/mol. The third-order valence-electron chi connectivity index (χ3n) is 3.24. The summed E-state index contributed by atoms with van der Waals surface area (Å²) in [5, 5.41) is 0.